The summed E-state index contributed by atoms with van der Waals surface area (Å²) in [6.45, 7) is 0.884. The summed E-state index contributed by atoms with van der Waals surface area (Å²) in [5.41, 5.74) is 13.6. The molecule has 176 valence electrons. The fourth-order valence-corrected chi connectivity index (χ4v) is 3.18. The number of rotatable bonds is 13. The average molecular weight is 454 g/mol. The molecule has 0 radical (unpaired) electrons. The van der Waals surface area contributed by atoms with Crippen LogP contribution in [0.15, 0.2) is 59.6 Å². The van der Waals surface area contributed by atoms with E-state index in [2.05, 4.69) is 15.6 Å². The van der Waals surface area contributed by atoms with Gasteiger partial charge in [0.15, 0.2) is 5.96 Å². The standard InChI is InChI=1S/C24H31N5O4/c25-24(26)28-15-5-4-14-27-23(33)20(29-21(30)12-13-22(31)32)16-17-8-10-19(11-9-17)18-6-2-1-3-7-18/h1-3,6-11,20H,4-5,12-16H2,(H,27,33)(H,29,30)(H,31,32)(H4,25,26,28)/t20-/m0/s1. The van der Waals surface area contributed by atoms with Crippen LogP contribution in [0.25, 0.3) is 11.1 Å². The third kappa shape index (κ3) is 9.86. The van der Waals surface area contributed by atoms with Crippen LogP contribution in [-0.4, -0.2) is 48.0 Å². The molecule has 0 aliphatic rings. The van der Waals surface area contributed by atoms with Crippen molar-refractivity contribution in [2.24, 2.45) is 16.5 Å². The highest BCUT2D eigenvalue weighted by molar-refractivity contribution is 5.88. The molecule has 0 fully saturated rings. The number of carbonyl (C=O) groups excluding carboxylic acids is 2. The Kier molecular flexibility index (Phi) is 10.4. The van der Waals surface area contributed by atoms with Crippen molar-refractivity contribution >= 4 is 23.7 Å². The van der Waals surface area contributed by atoms with Crippen LogP contribution < -0.4 is 22.1 Å². The maximum atomic E-state index is 12.7. The van der Waals surface area contributed by atoms with E-state index in [0.717, 1.165) is 16.7 Å². The molecule has 0 unspecified atom stereocenters. The highest BCUT2D eigenvalue weighted by Crippen LogP contribution is 2.19. The number of aliphatic imine (C=N–C) groups is 1. The number of nitrogens with zero attached hydrogens (tertiary/aromatic N) is 1. The first kappa shape index (κ1) is 25.4. The minimum atomic E-state index is -1.07. The third-order valence-corrected chi connectivity index (χ3v) is 4.90. The Bertz CT molecular complexity index is 941. The molecule has 0 aliphatic carbocycles. The smallest absolute Gasteiger partial charge is 0.303 e. The summed E-state index contributed by atoms with van der Waals surface area (Å²) in [5, 5.41) is 14.3. The second-order valence-corrected chi connectivity index (χ2v) is 7.59. The van der Waals surface area contributed by atoms with Crippen LogP contribution in [0, 0.1) is 0 Å². The van der Waals surface area contributed by atoms with Crippen LogP contribution in [0.4, 0.5) is 0 Å². The fraction of sp³-hybridized carbons (Fsp3) is 0.333. The van der Waals surface area contributed by atoms with Crippen molar-refractivity contribution in [3.8, 4) is 11.1 Å². The van der Waals surface area contributed by atoms with Crippen molar-refractivity contribution < 1.29 is 19.5 Å². The van der Waals surface area contributed by atoms with E-state index >= 15 is 0 Å². The highest BCUT2D eigenvalue weighted by atomic mass is 16.4. The summed E-state index contributed by atoms with van der Waals surface area (Å²) in [4.78, 5) is 39.6. The van der Waals surface area contributed by atoms with E-state index < -0.39 is 17.9 Å². The summed E-state index contributed by atoms with van der Waals surface area (Å²) in [5.74, 6) is -1.84. The van der Waals surface area contributed by atoms with Crippen molar-refractivity contribution in [3.63, 3.8) is 0 Å². The molecule has 9 nitrogen and oxygen atoms in total. The van der Waals surface area contributed by atoms with Gasteiger partial charge in [0.25, 0.3) is 0 Å². The number of carboxylic acid groups (broad SMARTS) is 1. The van der Waals surface area contributed by atoms with Gasteiger partial charge in [-0.25, -0.2) is 0 Å². The van der Waals surface area contributed by atoms with Crippen LogP contribution >= 0.6 is 0 Å². The van der Waals surface area contributed by atoms with Crippen LogP contribution in [0.3, 0.4) is 0 Å². The number of carbonyl (C=O) groups is 3. The molecular weight excluding hydrogens is 422 g/mol. The SMILES string of the molecule is NC(N)=NCCCCNC(=O)[C@H](Cc1ccc(-c2ccccc2)cc1)NC(=O)CCC(=O)O. The predicted octanol–water partition coefficient (Wildman–Crippen LogP) is 1.42. The molecule has 0 saturated heterocycles. The maximum absolute atomic E-state index is 12.7. The lowest BCUT2D eigenvalue weighted by atomic mass is 10.00. The van der Waals surface area contributed by atoms with E-state index in [1.165, 1.54) is 0 Å². The van der Waals surface area contributed by atoms with Crippen LogP contribution in [0.5, 0.6) is 0 Å². The molecule has 0 aliphatic heterocycles. The predicted molar refractivity (Wildman–Crippen MR) is 127 cm³/mol. The van der Waals surface area contributed by atoms with E-state index in [1.54, 1.807) is 0 Å². The second-order valence-electron chi connectivity index (χ2n) is 7.59. The van der Waals surface area contributed by atoms with Crippen molar-refractivity contribution in [2.45, 2.75) is 38.1 Å². The van der Waals surface area contributed by atoms with Gasteiger partial charge in [0, 0.05) is 25.9 Å². The van der Waals surface area contributed by atoms with E-state index in [4.69, 9.17) is 16.6 Å². The van der Waals surface area contributed by atoms with Crippen LogP contribution in [-0.2, 0) is 20.8 Å². The lowest BCUT2D eigenvalue weighted by Gasteiger charge is -2.19. The van der Waals surface area contributed by atoms with Gasteiger partial charge in [0.05, 0.1) is 6.42 Å². The summed E-state index contributed by atoms with van der Waals surface area (Å²) in [6.07, 6.45) is 1.18. The molecule has 2 amide bonds. The number of unbranched alkanes of at least 4 members (excludes halogenated alkanes) is 1. The number of nitrogens with one attached hydrogen (secondary N) is 2. The Balaban J connectivity index is 1.99. The normalized spacial score (nSPS) is 11.3. The first-order chi connectivity index (χ1) is 15.8. The molecular formula is C24H31N5O4. The van der Waals surface area contributed by atoms with Crippen molar-refractivity contribution in [2.75, 3.05) is 13.1 Å². The monoisotopic (exact) mass is 453 g/mol. The van der Waals surface area contributed by atoms with Gasteiger partial charge in [-0.1, -0.05) is 54.6 Å². The van der Waals surface area contributed by atoms with Gasteiger partial charge in [-0.3, -0.25) is 19.4 Å². The molecule has 2 aromatic carbocycles. The molecule has 0 spiro atoms. The number of aliphatic carboxylic acids is 1. The highest BCUT2D eigenvalue weighted by Gasteiger charge is 2.21. The van der Waals surface area contributed by atoms with E-state index in [-0.39, 0.29) is 31.1 Å². The number of hydrogen-bond acceptors (Lipinski definition) is 4. The molecule has 33 heavy (non-hydrogen) atoms. The van der Waals surface area contributed by atoms with Gasteiger partial charge < -0.3 is 27.2 Å². The zero-order valence-electron chi connectivity index (χ0n) is 18.5. The molecule has 7 N–H and O–H groups in total. The zero-order valence-corrected chi connectivity index (χ0v) is 18.5. The lowest BCUT2D eigenvalue weighted by Crippen LogP contribution is -2.48. The summed E-state index contributed by atoms with van der Waals surface area (Å²) in [7, 11) is 0. The number of guanidine groups is 1. The van der Waals surface area contributed by atoms with Crippen molar-refractivity contribution in [3.05, 3.63) is 60.2 Å². The van der Waals surface area contributed by atoms with Crippen molar-refractivity contribution in [1.29, 1.82) is 0 Å². The topological polar surface area (TPSA) is 160 Å². The van der Waals surface area contributed by atoms with Gasteiger partial charge >= 0.3 is 5.97 Å². The number of carboxylic acids is 1. The number of hydrogen-bond donors (Lipinski definition) is 5. The molecule has 9 heteroatoms. The van der Waals surface area contributed by atoms with E-state index in [1.807, 2.05) is 54.6 Å². The molecule has 0 aromatic heterocycles. The first-order valence-corrected chi connectivity index (χ1v) is 10.8. The zero-order chi connectivity index (χ0) is 24.1. The van der Waals surface area contributed by atoms with Gasteiger partial charge in [-0.15, -0.1) is 0 Å². The molecule has 2 rings (SSSR count). The summed E-state index contributed by atoms with van der Waals surface area (Å²) >= 11 is 0. The Labute approximate surface area is 193 Å². The molecule has 1 atom stereocenters. The Morgan fingerprint density at radius 2 is 1.58 bits per heavy atom. The quantitative estimate of drug-likeness (QED) is 0.175. The van der Waals surface area contributed by atoms with Gasteiger partial charge in [-0.05, 0) is 29.5 Å². The Hall–Kier alpha value is -3.88. The maximum Gasteiger partial charge on any atom is 0.303 e. The largest absolute Gasteiger partial charge is 0.481 e. The number of benzene rings is 2. The molecule has 0 heterocycles. The average Bonchev–Trinajstić information content (AvgIpc) is 2.80. The second kappa shape index (κ2) is 13.5. The Morgan fingerprint density at radius 1 is 0.909 bits per heavy atom. The molecule has 0 saturated carbocycles. The van der Waals surface area contributed by atoms with Crippen molar-refractivity contribution in [1.82, 2.24) is 10.6 Å². The van der Waals surface area contributed by atoms with Gasteiger partial charge in [-0.2, -0.15) is 0 Å². The lowest BCUT2D eigenvalue weighted by molar-refractivity contribution is -0.139. The third-order valence-electron chi connectivity index (χ3n) is 4.90. The van der Waals surface area contributed by atoms with E-state index in [0.29, 0.717) is 25.9 Å². The molecule has 2 aromatic rings. The van der Waals surface area contributed by atoms with Crippen LogP contribution in [0.2, 0.25) is 0 Å². The van der Waals surface area contributed by atoms with Gasteiger partial charge in [0.1, 0.15) is 6.04 Å². The minimum absolute atomic E-state index is 0.0291. The number of amides is 2. The van der Waals surface area contributed by atoms with Gasteiger partial charge in [0.2, 0.25) is 11.8 Å². The fourth-order valence-electron chi connectivity index (χ4n) is 3.18. The summed E-state index contributed by atoms with van der Waals surface area (Å²) in [6, 6.07) is 16.9. The Morgan fingerprint density at radius 3 is 2.21 bits per heavy atom. The molecule has 0 bridgehead atoms. The van der Waals surface area contributed by atoms with Crippen LogP contribution in [0.1, 0.15) is 31.2 Å². The van der Waals surface area contributed by atoms with E-state index in [9.17, 15) is 14.4 Å². The minimum Gasteiger partial charge on any atom is -0.481 e. The number of nitrogens with two attached hydrogens (primary N) is 2. The summed E-state index contributed by atoms with van der Waals surface area (Å²) < 4.78 is 0. The first-order valence-electron chi connectivity index (χ1n) is 10.8.